The first-order valence-electron chi connectivity index (χ1n) is 5.33. The molecule has 0 saturated heterocycles. The number of aryl methyl sites for hydroxylation is 1. The summed E-state index contributed by atoms with van der Waals surface area (Å²) in [5.74, 6) is 0.796. The fraction of sp³-hybridized carbons (Fsp3) is 0.143. The molecule has 0 aliphatic heterocycles. The molecular formula is C14H13FO2. The van der Waals surface area contributed by atoms with Gasteiger partial charge in [-0.05, 0) is 36.2 Å². The van der Waals surface area contributed by atoms with Gasteiger partial charge in [0.1, 0.15) is 17.3 Å². The van der Waals surface area contributed by atoms with Gasteiger partial charge < -0.3 is 9.84 Å². The Morgan fingerprint density at radius 3 is 2.29 bits per heavy atom. The van der Waals surface area contributed by atoms with Crippen LogP contribution in [0.15, 0.2) is 42.5 Å². The van der Waals surface area contributed by atoms with Gasteiger partial charge in [-0.3, -0.25) is 0 Å². The zero-order valence-electron chi connectivity index (χ0n) is 9.48. The first-order chi connectivity index (χ1) is 8.19. The van der Waals surface area contributed by atoms with Crippen LogP contribution in [-0.2, 0) is 6.61 Å². The van der Waals surface area contributed by atoms with Crippen LogP contribution >= 0.6 is 0 Å². The van der Waals surface area contributed by atoms with Crippen LogP contribution in [0.1, 0.15) is 11.1 Å². The van der Waals surface area contributed by atoms with E-state index in [0.29, 0.717) is 17.1 Å². The number of benzene rings is 2. The van der Waals surface area contributed by atoms with Crippen molar-refractivity contribution in [3.8, 4) is 11.5 Å². The minimum absolute atomic E-state index is 0.000556. The quantitative estimate of drug-likeness (QED) is 0.878. The molecule has 0 aliphatic carbocycles. The summed E-state index contributed by atoms with van der Waals surface area (Å²) in [5.41, 5.74) is 1.40. The highest BCUT2D eigenvalue weighted by Gasteiger charge is 2.01. The van der Waals surface area contributed by atoms with E-state index >= 15 is 0 Å². The Hall–Kier alpha value is -1.87. The Morgan fingerprint density at radius 1 is 1.06 bits per heavy atom. The monoisotopic (exact) mass is 232 g/mol. The fourth-order valence-electron chi connectivity index (χ4n) is 1.44. The third kappa shape index (κ3) is 2.82. The van der Waals surface area contributed by atoms with E-state index in [1.54, 1.807) is 43.3 Å². The van der Waals surface area contributed by atoms with Gasteiger partial charge in [0.05, 0.1) is 6.61 Å². The van der Waals surface area contributed by atoms with E-state index in [4.69, 9.17) is 9.84 Å². The van der Waals surface area contributed by atoms with E-state index in [-0.39, 0.29) is 12.4 Å². The Labute approximate surface area is 99.3 Å². The highest BCUT2D eigenvalue weighted by Crippen LogP contribution is 2.23. The van der Waals surface area contributed by atoms with Crippen LogP contribution in [0.25, 0.3) is 0 Å². The van der Waals surface area contributed by atoms with Crippen LogP contribution in [0, 0.1) is 12.7 Å². The summed E-state index contributed by atoms with van der Waals surface area (Å²) < 4.78 is 18.8. The number of ether oxygens (including phenoxy) is 1. The number of halogens is 1. The Kier molecular flexibility index (Phi) is 3.40. The number of hydrogen-bond acceptors (Lipinski definition) is 2. The van der Waals surface area contributed by atoms with Crippen LogP contribution in [0.2, 0.25) is 0 Å². The number of rotatable bonds is 3. The standard InChI is InChI=1S/C14H13FO2/c1-10-2-5-13(8-14(10)15)17-12-6-3-11(9-16)4-7-12/h2-8,16H,9H2,1H3. The lowest BCUT2D eigenvalue weighted by Crippen LogP contribution is -1.88. The van der Waals surface area contributed by atoms with Crippen molar-refractivity contribution in [1.82, 2.24) is 0 Å². The number of hydrogen-bond donors (Lipinski definition) is 1. The van der Waals surface area contributed by atoms with Crippen molar-refractivity contribution >= 4 is 0 Å². The zero-order valence-corrected chi connectivity index (χ0v) is 9.48. The van der Waals surface area contributed by atoms with Gasteiger partial charge in [-0.2, -0.15) is 0 Å². The smallest absolute Gasteiger partial charge is 0.130 e. The molecule has 2 rings (SSSR count). The average molecular weight is 232 g/mol. The van der Waals surface area contributed by atoms with Crippen molar-refractivity contribution in [2.24, 2.45) is 0 Å². The summed E-state index contributed by atoms with van der Waals surface area (Å²) in [4.78, 5) is 0. The van der Waals surface area contributed by atoms with Gasteiger partial charge in [-0.25, -0.2) is 4.39 Å². The predicted octanol–water partition coefficient (Wildman–Crippen LogP) is 3.42. The number of aliphatic hydroxyl groups excluding tert-OH is 1. The Bertz CT molecular complexity index is 506. The lowest BCUT2D eigenvalue weighted by molar-refractivity contribution is 0.281. The van der Waals surface area contributed by atoms with Gasteiger partial charge in [0, 0.05) is 6.07 Å². The summed E-state index contributed by atoms with van der Waals surface area (Å²) in [6.07, 6.45) is 0. The Morgan fingerprint density at radius 2 is 1.71 bits per heavy atom. The normalized spacial score (nSPS) is 10.3. The van der Waals surface area contributed by atoms with E-state index < -0.39 is 0 Å². The molecule has 0 radical (unpaired) electrons. The first kappa shape index (κ1) is 11.6. The van der Waals surface area contributed by atoms with Crippen molar-refractivity contribution < 1.29 is 14.2 Å². The van der Waals surface area contributed by atoms with Crippen LogP contribution in [0.5, 0.6) is 11.5 Å². The molecule has 0 fully saturated rings. The molecule has 0 spiro atoms. The lowest BCUT2D eigenvalue weighted by Gasteiger charge is -2.07. The van der Waals surface area contributed by atoms with E-state index in [9.17, 15) is 4.39 Å². The molecule has 0 bridgehead atoms. The molecular weight excluding hydrogens is 219 g/mol. The average Bonchev–Trinajstić information content (AvgIpc) is 2.35. The number of aliphatic hydroxyl groups is 1. The van der Waals surface area contributed by atoms with E-state index in [1.807, 2.05) is 0 Å². The van der Waals surface area contributed by atoms with Crippen LogP contribution in [0.3, 0.4) is 0 Å². The lowest BCUT2D eigenvalue weighted by atomic mass is 10.2. The van der Waals surface area contributed by atoms with Gasteiger partial charge in [-0.1, -0.05) is 18.2 Å². The minimum atomic E-state index is -0.283. The van der Waals surface area contributed by atoms with Crippen molar-refractivity contribution in [2.75, 3.05) is 0 Å². The maximum atomic E-state index is 13.3. The van der Waals surface area contributed by atoms with Crippen LogP contribution < -0.4 is 4.74 Å². The molecule has 0 aromatic heterocycles. The van der Waals surface area contributed by atoms with Gasteiger partial charge in [0.2, 0.25) is 0 Å². The molecule has 0 aliphatic rings. The summed E-state index contributed by atoms with van der Waals surface area (Å²) in [5, 5.41) is 8.89. The summed E-state index contributed by atoms with van der Waals surface area (Å²) in [6.45, 7) is 1.70. The molecule has 0 amide bonds. The van der Waals surface area contributed by atoms with Crippen molar-refractivity contribution in [3.63, 3.8) is 0 Å². The highest BCUT2D eigenvalue weighted by molar-refractivity contribution is 5.34. The molecule has 0 atom stereocenters. The Balaban J connectivity index is 2.16. The van der Waals surface area contributed by atoms with Crippen molar-refractivity contribution in [1.29, 1.82) is 0 Å². The topological polar surface area (TPSA) is 29.5 Å². The fourth-order valence-corrected chi connectivity index (χ4v) is 1.44. The second-order valence-electron chi connectivity index (χ2n) is 3.82. The van der Waals surface area contributed by atoms with E-state index in [0.717, 1.165) is 5.56 Å². The van der Waals surface area contributed by atoms with Gasteiger partial charge in [0.15, 0.2) is 0 Å². The van der Waals surface area contributed by atoms with E-state index in [1.165, 1.54) is 6.07 Å². The predicted molar refractivity (Wildman–Crippen MR) is 63.6 cm³/mol. The maximum Gasteiger partial charge on any atom is 0.130 e. The molecule has 2 aromatic carbocycles. The third-order valence-corrected chi connectivity index (χ3v) is 2.48. The zero-order chi connectivity index (χ0) is 12.3. The second-order valence-corrected chi connectivity index (χ2v) is 3.82. The van der Waals surface area contributed by atoms with Crippen LogP contribution in [0.4, 0.5) is 4.39 Å². The molecule has 0 unspecified atom stereocenters. The molecule has 2 aromatic rings. The summed E-state index contributed by atoms with van der Waals surface area (Å²) in [6, 6.07) is 11.8. The third-order valence-electron chi connectivity index (χ3n) is 2.48. The largest absolute Gasteiger partial charge is 0.457 e. The molecule has 2 nitrogen and oxygen atoms in total. The second kappa shape index (κ2) is 4.97. The first-order valence-corrected chi connectivity index (χ1v) is 5.33. The van der Waals surface area contributed by atoms with Crippen LogP contribution in [-0.4, -0.2) is 5.11 Å². The van der Waals surface area contributed by atoms with Gasteiger partial charge in [0.25, 0.3) is 0 Å². The molecule has 1 N–H and O–H groups in total. The van der Waals surface area contributed by atoms with Gasteiger partial charge >= 0.3 is 0 Å². The van der Waals surface area contributed by atoms with Gasteiger partial charge in [-0.15, -0.1) is 0 Å². The molecule has 0 saturated carbocycles. The maximum absolute atomic E-state index is 13.3. The molecule has 0 heterocycles. The van der Waals surface area contributed by atoms with Crippen molar-refractivity contribution in [3.05, 3.63) is 59.4 Å². The highest BCUT2D eigenvalue weighted by atomic mass is 19.1. The SMILES string of the molecule is Cc1ccc(Oc2ccc(CO)cc2)cc1F. The van der Waals surface area contributed by atoms with E-state index in [2.05, 4.69) is 0 Å². The summed E-state index contributed by atoms with van der Waals surface area (Å²) in [7, 11) is 0. The molecule has 88 valence electrons. The molecule has 17 heavy (non-hydrogen) atoms. The minimum Gasteiger partial charge on any atom is -0.457 e. The summed E-state index contributed by atoms with van der Waals surface area (Å²) >= 11 is 0. The molecule has 3 heteroatoms. The van der Waals surface area contributed by atoms with Crippen molar-refractivity contribution in [2.45, 2.75) is 13.5 Å².